The lowest BCUT2D eigenvalue weighted by molar-refractivity contribution is -0.245. The Hall–Kier alpha value is -5.28. The number of amides is 2. The van der Waals surface area contributed by atoms with E-state index in [4.69, 9.17) is 14.2 Å². The molecule has 4 aromatic carbocycles. The van der Waals surface area contributed by atoms with Crippen LogP contribution in [0.4, 0.5) is 4.79 Å². The molecule has 1 aliphatic rings. The maximum absolute atomic E-state index is 12.3. The number of nitrogens with zero attached hydrogens (tertiary/aromatic N) is 4. The molecule has 1 aromatic heterocycles. The van der Waals surface area contributed by atoms with Gasteiger partial charge in [0.05, 0.1) is 31.1 Å². The Bertz CT molecular complexity index is 1900. The summed E-state index contributed by atoms with van der Waals surface area (Å²) in [6, 6.07) is 29.6. The van der Waals surface area contributed by atoms with Crippen LogP contribution in [-0.4, -0.2) is 67.4 Å². The first-order chi connectivity index (χ1) is 24.9. The first kappa shape index (κ1) is 35.5. The van der Waals surface area contributed by atoms with E-state index in [1.54, 1.807) is 35.9 Å². The van der Waals surface area contributed by atoms with Crippen LogP contribution in [0.1, 0.15) is 48.0 Å². The minimum absolute atomic E-state index is 0.0409. The predicted octanol–water partition coefficient (Wildman–Crippen LogP) is 5.23. The first-order valence-electron chi connectivity index (χ1n) is 16.5. The van der Waals surface area contributed by atoms with E-state index in [0.717, 1.165) is 39.1 Å². The number of aromatic nitrogens is 4. The van der Waals surface area contributed by atoms with Crippen LogP contribution < -0.4 is 10.6 Å². The minimum Gasteiger partial charge on any atom is -0.508 e. The fraction of sp³-hybridized carbons (Fsp3) is 0.270. The molecule has 13 nitrogen and oxygen atoms in total. The fourth-order valence-electron chi connectivity index (χ4n) is 5.59. The van der Waals surface area contributed by atoms with Crippen LogP contribution in [0.3, 0.4) is 0 Å². The molecule has 5 aromatic rings. The number of carbonyl (C=O) groups is 2. The second-order valence-electron chi connectivity index (χ2n) is 11.7. The molecule has 0 saturated carbocycles. The van der Waals surface area contributed by atoms with Gasteiger partial charge in [0.1, 0.15) is 12.3 Å². The Morgan fingerprint density at radius 1 is 0.941 bits per heavy atom. The number of carbonyl (C=O) groups excluding carboxylic acids is 2. The molecule has 6 rings (SSSR count). The van der Waals surface area contributed by atoms with Crippen molar-refractivity contribution in [3.8, 4) is 22.6 Å². The maximum Gasteiger partial charge on any atom is 0.325 e. The standard InChI is InChI=1S/C37H38N6O7S/c1-2-48-34(46)21-39-36(47)38-20-28-5-3-4-6-32(28)25-11-13-27(14-12-25)35-49-31(19-33(50-35)26-9-7-24(22-44)8-10-26)23-51-37-40-41-42-43(37)29-15-17-30(45)18-16-29/h3-18,31,33,35,44-45H,2,19-23H2,1H3,(H2,38,39,47). The molecule has 0 aliphatic carbocycles. The molecule has 1 aliphatic heterocycles. The van der Waals surface area contributed by atoms with Crippen molar-refractivity contribution < 1.29 is 34.0 Å². The number of phenolic OH excluding ortho intramolecular Hbond substituents is 1. The number of esters is 1. The Balaban J connectivity index is 1.16. The first-order valence-corrected chi connectivity index (χ1v) is 17.5. The van der Waals surface area contributed by atoms with E-state index in [1.165, 1.54) is 11.8 Å². The van der Waals surface area contributed by atoms with Gasteiger partial charge in [0.2, 0.25) is 5.16 Å². The summed E-state index contributed by atoms with van der Waals surface area (Å²) in [4.78, 5) is 23.9. The van der Waals surface area contributed by atoms with Crippen LogP contribution in [0.5, 0.6) is 5.75 Å². The zero-order valence-electron chi connectivity index (χ0n) is 27.8. The van der Waals surface area contributed by atoms with Gasteiger partial charge in [-0.15, -0.1) is 5.10 Å². The van der Waals surface area contributed by atoms with Gasteiger partial charge in [-0.3, -0.25) is 4.79 Å². The van der Waals surface area contributed by atoms with Crippen LogP contribution in [0, 0.1) is 0 Å². The van der Waals surface area contributed by atoms with Crippen molar-refractivity contribution in [2.24, 2.45) is 0 Å². The van der Waals surface area contributed by atoms with Crippen molar-refractivity contribution in [1.29, 1.82) is 0 Å². The summed E-state index contributed by atoms with van der Waals surface area (Å²) in [6.45, 7) is 1.97. The zero-order chi connectivity index (χ0) is 35.6. The van der Waals surface area contributed by atoms with Crippen molar-refractivity contribution in [3.05, 3.63) is 119 Å². The Kier molecular flexibility index (Phi) is 11.9. The van der Waals surface area contributed by atoms with Crippen molar-refractivity contribution >= 4 is 23.8 Å². The number of aliphatic hydroxyl groups is 1. The van der Waals surface area contributed by atoms with Gasteiger partial charge in [0, 0.05) is 24.3 Å². The van der Waals surface area contributed by atoms with Crippen LogP contribution in [-0.2, 0) is 32.2 Å². The number of aromatic hydroxyl groups is 1. The third-order valence-electron chi connectivity index (χ3n) is 8.20. The average Bonchev–Trinajstić information content (AvgIpc) is 3.65. The van der Waals surface area contributed by atoms with Gasteiger partial charge in [-0.05, 0) is 69.4 Å². The van der Waals surface area contributed by atoms with Gasteiger partial charge in [0.25, 0.3) is 0 Å². The number of benzene rings is 4. The summed E-state index contributed by atoms with van der Waals surface area (Å²) in [7, 11) is 0. The molecule has 2 heterocycles. The van der Waals surface area contributed by atoms with Crippen molar-refractivity contribution in [2.75, 3.05) is 18.9 Å². The second kappa shape index (κ2) is 17.1. The molecule has 0 radical (unpaired) electrons. The summed E-state index contributed by atoms with van der Waals surface area (Å²) in [5.41, 5.74) is 6.16. The van der Waals surface area contributed by atoms with Crippen LogP contribution in [0.25, 0.3) is 16.8 Å². The molecule has 1 fully saturated rings. The highest BCUT2D eigenvalue weighted by Crippen LogP contribution is 2.40. The van der Waals surface area contributed by atoms with E-state index >= 15 is 0 Å². The highest BCUT2D eigenvalue weighted by molar-refractivity contribution is 7.99. The van der Waals surface area contributed by atoms with Gasteiger partial charge in [0.15, 0.2) is 6.29 Å². The summed E-state index contributed by atoms with van der Waals surface area (Å²) < 4.78 is 19.6. The average molecular weight is 711 g/mol. The van der Waals surface area contributed by atoms with Crippen LogP contribution in [0.2, 0.25) is 0 Å². The van der Waals surface area contributed by atoms with E-state index in [-0.39, 0.29) is 44.3 Å². The normalized spacial score (nSPS) is 17.1. The summed E-state index contributed by atoms with van der Waals surface area (Å²) in [6.07, 6.45) is -0.553. The SMILES string of the molecule is CCOC(=O)CNC(=O)NCc1ccccc1-c1ccc(C2OC(CSc3nnnn3-c3ccc(O)cc3)CC(c3ccc(CO)cc3)O2)cc1. The lowest BCUT2D eigenvalue weighted by Gasteiger charge is -2.36. The molecule has 1 saturated heterocycles. The van der Waals surface area contributed by atoms with E-state index in [0.29, 0.717) is 17.3 Å². The summed E-state index contributed by atoms with van der Waals surface area (Å²) in [5, 5.41) is 37.4. The largest absolute Gasteiger partial charge is 0.508 e. The summed E-state index contributed by atoms with van der Waals surface area (Å²) >= 11 is 1.47. The predicted molar refractivity (Wildman–Crippen MR) is 189 cm³/mol. The molecule has 0 spiro atoms. The van der Waals surface area contributed by atoms with Gasteiger partial charge in [-0.1, -0.05) is 84.6 Å². The maximum atomic E-state index is 12.3. The van der Waals surface area contributed by atoms with E-state index < -0.39 is 18.3 Å². The number of aliphatic hydroxyl groups excluding tert-OH is 1. The van der Waals surface area contributed by atoms with Crippen LogP contribution in [0.15, 0.2) is 102 Å². The highest BCUT2D eigenvalue weighted by Gasteiger charge is 2.33. The number of hydrogen-bond acceptors (Lipinski definition) is 11. The van der Waals surface area contributed by atoms with Crippen LogP contribution >= 0.6 is 11.8 Å². The Morgan fingerprint density at radius 3 is 2.43 bits per heavy atom. The zero-order valence-corrected chi connectivity index (χ0v) is 28.7. The van der Waals surface area contributed by atoms with Crippen molar-refractivity contribution in [1.82, 2.24) is 30.8 Å². The molecule has 264 valence electrons. The molecule has 4 N–H and O–H groups in total. The molecular weight excluding hydrogens is 673 g/mol. The van der Waals surface area contributed by atoms with Crippen molar-refractivity contribution in [2.45, 2.75) is 50.2 Å². The number of hydrogen-bond donors (Lipinski definition) is 4. The smallest absolute Gasteiger partial charge is 0.325 e. The highest BCUT2D eigenvalue weighted by atomic mass is 32.2. The molecule has 3 atom stereocenters. The van der Waals surface area contributed by atoms with E-state index in [1.807, 2.05) is 72.8 Å². The summed E-state index contributed by atoms with van der Waals surface area (Å²) in [5.74, 6) is 0.209. The number of rotatable bonds is 13. The number of thioether (sulfide) groups is 1. The van der Waals surface area contributed by atoms with E-state index in [9.17, 15) is 19.8 Å². The third kappa shape index (κ3) is 9.29. The second-order valence-corrected chi connectivity index (χ2v) is 12.7. The van der Waals surface area contributed by atoms with Gasteiger partial charge >= 0.3 is 12.0 Å². The Morgan fingerprint density at radius 2 is 1.69 bits per heavy atom. The van der Waals surface area contributed by atoms with Gasteiger partial charge in [-0.2, -0.15) is 4.68 Å². The quantitative estimate of drug-likeness (QED) is 0.0933. The van der Waals surface area contributed by atoms with Crippen molar-refractivity contribution in [3.63, 3.8) is 0 Å². The molecular formula is C37H38N6O7S. The van der Waals surface area contributed by atoms with Gasteiger partial charge in [-0.25, -0.2) is 4.79 Å². The number of urea groups is 1. The third-order valence-corrected chi connectivity index (χ3v) is 9.25. The molecule has 2 amide bonds. The number of tetrazole rings is 1. The number of ether oxygens (including phenoxy) is 3. The lowest BCUT2D eigenvalue weighted by Crippen LogP contribution is -2.38. The molecule has 0 bridgehead atoms. The molecule has 51 heavy (non-hydrogen) atoms. The number of nitrogens with one attached hydrogen (secondary N) is 2. The number of phenols is 1. The van der Waals surface area contributed by atoms with Gasteiger partial charge < -0.3 is 35.1 Å². The Labute approximate surface area is 298 Å². The monoisotopic (exact) mass is 710 g/mol. The lowest BCUT2D eigenvalue weighted by atomic mass is 9.98. The molecule has 14 heteroatoms. The fourth-order valence-corrected chi connectivity index (χ4v) is 6.50. The minimum atomic E-state index is -0.658. The molecule has 3 unspecified atom stereocenters. The van der Waals surface area contributed by atoms with E-state index in [2.05, 4.69) is 26.2 Å². The topological polar surface area (TPSA) is 170 Å².